The van der Waals surface area contributed by atoms with Crippen molar-refractivity contribution in [3.05, 3.63) is 51.8 Å². The zero-order chi connectivity index (χ0) is 14.0. The van der Waals surface area contributed by atoms with E-state index in [1.165, 1.54) is 0 Å². The Labute approximate surface area is 122 Å². The second-order valence-electron chi connectivity index (χ2n) is 4.59. The molecule has 0 aliphatic rings. The standard InChI is InChI=1S/C14H14Cl2N2O/c1-9(2)18-13(5-6-17-18)14(19)7-10-3-4-11(15)8-12(10)16/h3-6,8-9H,7H2,1-2H3. The van der Waals surface area contributed by atoms with Gasteiger partial charge in [0.15, 0.2) is 5.78 Å². The maximum Gasteiger partial charge on any atom is 0.185 e. The predicted molar refractivity (Wildman–Crippen MR) is 77.1 cm³/mol. The molecule has 2 rings (SSSR count). The van der Waals surface area contributed by atoms with E-state index in [2.05, 4.69) is 5.10 Å². The van der Waals surface area contributed by atoms with Gasteiger partial charge < -0.3 is 0 Å². The summed E-state index contributed by atoms with van der Waals surface area (Å²) in [6.45, 7) is 3.97. The van der Waals surface area contributed by atoms with Crippen LogP contribution in [0.4, 0.5) is 0 Å². The third kappa shape index (κ3) is 3.17. The van der Waals surface area contributed by atoms with Gasteiger partial charge in [-0.2, -0.15) is 5.10 Å². The van der Waals surface area contributed by atoms with Crippen LogP contribution < -0.4 is 0 Å². The van der Waals surface area contributed by atoms with Crippen molar-refractivity contribution >= 4 is 29.0 Å². The SMILES string of the molecule is CC(C)n1nccc1C(=O)Cc1ccc(Cl)cc1Cl. The number of rotatable bonds is 4. The topological polar surface area (TPSA) is 34.9 Å². The Morgan fingerprint density at radius 3 is 2.68 bits per heavy atom. The lowest BCUT2D eigenvalue weighted by atomic mass is 10.1. The van der Waals surface area contributed by atoms with Crippen molar-refractivity contribution in [2.75, 3.05) is 0 Å². The van der Waals surface area contributed by atoms with E-state index in [0.717, 1.165) is 5.56 Å². The van der Waals surface area contributed by atoms with Gasteiger partial charge in [0.05, 0.1) is 0 Å². The van der Waals surface area contributed by atoms with Crippen LogP contribution in [0.25, 0.3) is 0 Å². The molecule has 19 heavy (non-hydrogen) atoms. The summed E-state index contributed by atoms with van der Waals surface area (Å²) >= 11 is 11.9. The van der Waals surface area contributed by atoms with Gasteiger partial charge in [0, 0.05) is 28.7 Å². The van der Waals surface area contributed by atoms with Crippen LogP contribution in [0.1, 0.15) is 35.9 Å². The van der Waals surface area contributed by atoms with Gasteiger partial charge in [-0.1, -0.05) is 29.3 Å². The number of benzene rings is 1. The largest absolute Gasteiger partial charge is 0.292 e. The van der Waals surface area contributed by atoms with E-state index in [9.17, 15) is 4.79 Å². The van der Waals surface area contributed by atoms with Crippen molar-refractivity contribution in [3.63, 3.8) is 0 Å². The number of halogens is 2. The number of Topliss-reactive ketones (excluding diaryl/α,β-unsaturated/α-hetero) is 1. The molecule has 0 aliphatic carbocycles. The first-order valence-electron chi connectivity index (χ1n) is 5.99. The fraction of sp³-hybridized carbons (Fsp3) is 0.286. The number of hydrogen-bond donors (Lipinski definition) is 0. The molecule has 0 amide bonds. The van der Waals surface area contributed by atoms with Gasteiger partial charge in [-0.05, 0) is 37.6 Å². The number of carbonyl (C=O) groups excluding carboxylic acids is 1. The van der Waals surface area contributed by atoms with Crippen LogP contribution in [0, 0.1) is 0 Å². The molecule has 0 N–H and O–H groups in total. The van der Waals surface area contributed by atoms with Crippen LogP contribution >= 0.6 is 23.2 Å². The Hall–Kier alpha value is -1.32. The molecule has 1 heterocycles. The van der Waals surface area contributed by atoms with E-state index in [1.807, 2.05) is 13.8 Å². The summed E-state index contributed by atoms with van der Waals surface area (Å²) in [5.41, 5.74) is 1.37. The van der Waals surface area contributed by atoms with Crippen LogP contribution in [-0.4, -0.2) is 15.6 Å². The maximum atomic E-state index is 12.3. The molecule has 0 saturated heterocycles. The summed E-state index contributed by atoms with van der Waals surface area (Å²) in [5.74, 6) is -0.00424. The van der Waals surface area contributed by atoms with Crippen molar-refractivity contribution in [1.82, 2.24) is 9.78 Å². The van der Waals surface area contributed by atoms with Gasteiger partial charge in [0.1, 0.15) is 5.69 Å². The summed E-state index contributed by atoms with van der Waals surface area (Å²) in [6.07, 6.45) is 1.88. The van der Waals surface area contributed by atoms with E-state index in [4.69, 9.17) is 23.2 Å². The van der Waals surface area contributed by atoms with E-state index in [0.29, 0.717) is 15.7 Å². The van der Waals surface area contributed by atoms with Crippen LogP contribution in [-0.2, 0) is 6.42 Å². The molecule has 1 aromatic heterocycles. The predicted octanol–water partition coefficient (Wildman–Crippen LogP) is 4.20. The second-order valence-corrected chi connectivity index (χ2v) is 5.43. The molecule has 2 aromatic rings. The van der Waals surface area contributed by atoms with Crippen molar-refractivity contribution in [1.29, 1.82) is 0 Å². The average Bonchev–Trinajstić information content (AvgIpc) is 2.82. The van der Waals surface area contributed by atoms with Gasteiger partial charge in [-0.25, -0.2) is 0 Å². The van der Waals surface area contributed by atoms with Gasteiger partial charge in [0.25, 0.3) is 0 Å². The Kier molecular flexibility index (Phi) is 4.27. The molecule has 1 aromatic carbocycles. The van der Waals surface area contributed by atoms with E-state index < -0.39 is 0 Å². The lowest BCUT2D eigenvalue weighted by Crippen LogP contribution is -2.14. The lowest BCUT2D eigenvalue weighted by Gasteiger charge is -2.10. The maximum absolute atomic E-state index is 12.3. The summed E-state index contributed by atoms with van der Waals surface area (Å²) < 4.78 is 1.71. The quantitative estimate of drug-likeness (QED) is 0.793. The number of hydrogen-bond acceptors (Lipinski definition) is 2. The molecule has 0 aliphatic heterocycles. The summed E-state index contributed by atoms with van der Waals surface area (Å²) in [5, 5.41) is 5.23. The Balaban J connectivity index is 2.23. The van der Waals surface area contributed by atoms with E-state index in [-0.39, 0.29) is 18.2 Å². The Bertz CT molecular complexity index is 605. The van der Waals surface area contributed by atoms with Crippen LogP contribution in [0.5, 0.6) is 0 Å². The van der Waals surface area contributed by atoms with Crippen molar-refractivity contribution < 1.29 is 4.79 Å². The smallest absolute Gasteiger partial charge is 0.185 e. The second kappa shape index (κ2) is 5.76. The van der Waals surface area contributed by atoms with Crippen molar-refractivity contribution in [2.45, 2.75) is 26.3 Å². The number of aromatic nitrogens is 2. The molecule has 0 bridgehead atoms. The molecule has 0 saturated carbocycles. The fourth-order valence-corrected chi connectivity index (χ4v) is 2.35. The van der Waals surface area contributed by atoms with Crippen molar-refractivity contribution in [2.24, 2.45) is 0 Å². The highest BCUT2D eigenvalue weighted by atomic mass is 35.5. The minimum Gasteiger partial charge on any atom is -0.292 e. The number of nitrogens with zero attached hydrogens (tertiary/aromatic N) is 2. The highest BCUT2D eigenvalue weighted by molar-refractivity contribution is 6.35. The van der Waals surface area contributed by atoms with Crippen LogP contribution in [0.15, 0.2) is 30.5 Å². The highest BCUT2D eigenvalue weighted by Gasteiger charge is 2.15. The molecule has 3 nitrogen and oxygen atoms in total. The molecular weight excluding hydrogens is 283 g/mol. The zero-order valence-electron chi connectivity index (χ0n) is 10.7. The first-order chi connectivity index (χ1) is 8.99. The lowest BCUT2D eigenvalue weighted by molar-refractivity contribution is 0.0981. The molecule has 0 unspecified atom stereocenters. The van der Waals surface area contributed by atoms with Crippen LogP contribution in [0.3, 0.4) is 0 Å². The molecule has 100 valence electrons. The van der Waals surface area contributed by atoms with Gasteiger partial charge in [-0.3, -0.25) is 9.48 Å². The van der Waals surface area contributed by atoms with Gasteiger partial charge in [-0.15, -0.1) is 0 Å². The molecule has 0 spiro atoms. The molecular formula is C14H14Cl2N2O. The number of ketones is 1. The molecule has 5 heteroatoms. The van der Waals surface area contributed by atoms with Crippen molar-refractivity contribution in [3.8, 4) is 0 Å². The fourth-order valence-electron chi connectivity index (χ4n) is 1.88. The molecule has 0 fully saturated rings. The summed E-state index contributed by atoms with van der Waals surface area (Å²) in [4.78, 5) is 12.3. The minimum absolute atomic E-state index is 0.00424. The third-order valence-corrected chi connectivity index (χ3v) is 3.40. The number of carbonyl (C=O) groups is 1. The first-order valence-corrected chi connectivity index (χ1v) is 6.75. The first kappa shape index (κ1) is 14.1. The van der Waals surface area contributed by atoms with E-state index in [1.54, 1.807) is 35.1 Å². The minimum atomic E-state index is -0.00424. The average molecular weight is 297 g/mol. The summed E-state index contributed by atoms with van der Waals surface area (Å²) in [7, 11) is 0. The van der Waals surface area contributed by atoms with Gasteiger partial charge in [0.2, 0.25) is 0 Å². The molecule has 0 radical (unpaired) electrons. The monoisotopic (exact) mass is 296 g/mol. The van der Waals surface area contributed by atoms with Crippen LogP contribution in [0.2, 0.25) is 10.0 Å². The normalized spacial score (nSPS) is 11.0. The highest BCUT2D eigenvalue weighted by Crippen LogP contribution is 2.22. The summed E-state index contributed by atoms with van der Waals surface area (Å²) in [6, 6.07) is 7.03. The zero-order valence-corrected chi connectivity index (χ0v) is 12.2. The Morgan fingerprint density at radius 2 is 2.05 bits per heavy atom. The third-order valence-electron chi connectivity index (χ3n) is 2.81. The molecule has 0 atom stereocenters. The van der Waals surface area contributed by atoms with Gasteiger partial charge >= 0.3 is 0 Å². The van der Waals surface area contributed by atoms with E-state index >= 15 is 0 Å². The Morgan fingerprint density at radius 1 is 1.32 bits per heavy atom.